The third kappa shape index (κ3) is 3.46. The quantitative estimate of drug-likeness (QED) is 0.529. The van der Waals surface area contributed by atoms with E-state index in [0.29, 0.717) is 5.82 Å². The lowest BCUT2D eigenvalue weighted by Crippen LogP contribution is -1.93. The van der Waals surface area contributed by atoms with Crippen LogP contribution in [0.5, 0.6) is 5.75 Å². The van der Waals surface area contributed by atoms with Gasteiger partial charge in [-0.3, -0.25) is 0 Å². The van der Waals surface area contributed by atoms with Gasteiger partial charge in [0, 0.05) is 16.5 Å². The molecule has 0 N–H and O–H groups in total. The van der Waals surface area contributed by atoms with Gasteiger partial charge in [0.2, 0.25) is 0 Å². The molecule has 0 amide bonds. The number of methoxy groups -OCH3 is 1. The molecule has 2 heterocycles. The number of rotatable bonds is 4. The van der Waals surface area contributed by atoms with E-state index < -0.39 is 0 Å². The Bertz CT molecular complexity index is 1040. The van der Waals surface area contributed by atoms with Crippen LogP contribution in [0, 0.1) is 0 Å². The van der Waals surface area contributed by atoms with Crippen LogP contribution in [0.3, 0.4) is 0 Å². The molecule has 0 saturated carbocycles. The van der Waals surface area contributed by atoms with Crippen molar-refractivity contribution in [1.82, 2.24) is 15.0 Å². The largest absolute Gasteiger partial charge is 0.497 e. The van der Waals surface area contributed by atoms with E-state index in [2.05, 4.69) is 9.97 Å². The van der Waals surface area contributed by atoms with Gasteiger partial charge in [-0.15, -0.1) is 0 Å². The van der Waals surface area contributed by atoms with Crippen LogP contribution in [0.4, 0.5) is 0 Å². The summed E-state index contributed by atoms with van der Waals surface area (Å²) in [5.74, 6) is 1.46. The summed E-state index contributed by atoms with van der Waals surface area (Å²) in [7, 11) is 1.67. The zero-order chi connectivity index (χ0) is 17.1. The first-order valence-electron chi connectivity index (χ1n) is 7.83. The summed E-state index contributed by atoms with van der Waals surface area (Å²) in [5.41, 5.74) is 1.68. The van der Waals surface area contributed by atoms with Crippen molar-refractivity contribution >= 4 is 22.7 Å². The monoisotopic (exact) mass is 345 g/mol. The highest BCUT2D eigenvalue weighted by Gasteiger charge is 2.07. The summed E-state index contributed by atoms with van der Waals surface area (Å²) >= 11 is 1.58. The first kappa shape index (κ1) is 15.6. The average Bonchev–Trinajstić information content (AvgIpc) is 2.68. The zero-order valence-corrected chi connectivity index (χ0v) is 14.4. The van der Waals surface area contributed by atoms with Crippen molar-refractivity contribution in [3.63, 3.8) is 0 Å². The maximum Gasteiger partial charge on any atom is 0.178 e. The third-order valence-corrected chi connectivity index (χ3v) is 4.63. The highest BCUT2D eigenvalue weighted by molar-refractivity contribution is 7.99. The van der Waals surface area contributed by atoms with Gasteiger partial charge in [-0.05, 0) is 36.4 Å². The van der Waals surface area contributed by atoms with Gasteiger partial charge in [0.15, 0.2) is 5.82 Å². The van der Waals surface area contributed by atoms with Crippen LogP contribution >= 0.6 is 11.8 Å². The third-order valence-electron chi connectivity index (χ3n) is 3.71. The number of hydrogen-bond donors (Lipinski definition) is 0. The Morgan fingerprint density at radius 1 is 0.880 bits per heavy atom. The lowest BCUT2D eigenvalue weighted by molar-refractivity contribution is 0.413. The number of ether oxygens (including phenoxy) is 1. The summed E-state index contributed by atoms with van der Waals surface area (Å²) in [4.78, 5) is 14.8. The fourth-order valence-electron chi connectivity index (χ4n) is 2.48. The van der Waals surface area contributed by atoms with Crippen LogP contribution in [0.2, 0.25) is 0 Å². The van der Waals surface area contributed by atoms with E-state index in [1.807, 2.05) is 72.9 Å². The first-order chi connectivity index (χ1) is 12.3. The predicted molar refractivity (Wildman–Crippen MR) is 99.9 cm³/mol. The van der Waals surface area contributed by atoms with Crippen molar-refractivity contribution in [3.05, 3.63) is 72.9 Å². The van der Waals surface area contributed by atoms with Crippen molar-refractivity contribution in [2.75, 3.05) is 7.11 Å². The minimum absolute atomic E-state index is 0.631. The van der Waals surface area contributed by atoms with Crippen molar-refractivity contribution in [3.8, 4) is 17.3 Å². The van der Waals surface area contributed by atoms with Crippen LogP contribution in [0.15, 0.2) is 82.8 Å². The molecule has 25 heavy (non-hydrogen) atoms. The number of hydrogen-bond acceptors (Lipinski definition) is 5. The molecule has 0 aliphatic carbocycles. The molecule has 0 saturated heterocycles. The Hall–Kier alpha value is -2.92. The molecule has 4 nitrogen and oxygen atoms in total. The number of fused-ring (bicyclic) bond motifs is 1. The lowest BCUT2D eigenvalue weighted by Gasteiger charge is -2.06. The van der Waals surface area contributed by atoms with Crippen LogP contribution in [0.25, 0.3) is 22.4 Å². The van der Waals surface area contributed by atoms with E-state index in [9.17, 15) is 0 Å². The normalized spacial score (nSPS) is 10.8. The molecule has 0 unspecified atom stereocenters. The van der Waals surface area contributed by atoms with Crippen molar-refractivity contribution in [2.45, 2.75) is 9.92 Å². The smallest absolute Gasteiger partial charge is 0.178 e. The summed E-state index contributed by atoms with van der Waals surface area (Å²) in [5, 5.41) is 1.91. The fraction of sp³-hybridized carbons (Fsp3) is 0.0500. The summed E-state index contributed by atoms with van der Waals surface area (Å²) in [6.07, 6.45) is 1.83. The van der Waals surface area contributed by atoms with E-state index in [1.165, 1.54) is 0 Å². The highest BCUT2D eigenvalue weighted by Crippen LogP contribution is 2.30. The van der Waals surface area contributed by atoms with Crippen molar-refractivity contribution < 1.29 is 4.74 Å². The van der Waals surface area contributed by atoms with Crippen LogP contribution < -0.4 is 4.74 Å². The number of nitrogens with zero attached hydrogens (tertiary/aromatic N) is 3. The number of benzene rings is 2. The van der Waals surface area contributed by atoms with Gasteiger partial charge in [-0.2, -0.15) is 0 Å². The Balaban J connectivity index is 1.66. The molecule has 5 heteroatoms. The molecule has 122 valence electrons. The predicted octanol–water partition coefficient (Wildman–Crippen LogP) is 4.85. The standard InChI is InChI=1S/C20H15N3OS/c1-24-15-7-4-8-16(12-15)25-19-11-5-10-18(22-19)20-21-13-14-6-2-3-9-17(14)23-20/h2-13H,1H3. The van der Waals surface area contributed by atoms with Gasteiger partial charge in [-0.25, -0.2) is 15.0 Å². The number of pyridine rings is 1. The average molecular weight is 345 g/mol. The molecule has 0 atom stereocenters. The molecular formula is C20H15N3OS. The van der Waals surface area contributed by atoms with E-state index in [1.54, 1.807) is 18.9 Å². The van der Waals surface area contributed by atoms with E-state index >= 15 is 0 Å². The Labute approximate surface area is 149 Å². The maximum atomic E-state index is 5.27. The molecule has 2 aromatic carbocycles. The Morgan fingerprint density at radius 2 is 1.76 bits per heavy atom. The molecule has 0 spiro atoms. The van der Waals surface area contributed by atoms with Crippen LogP contribution in [-0.2, 0) is 0 Å². The van der Waals surface area contributed by atoms with Gasteiger partial charge in [0.25, 0.3) is 0 Å². The molecule has 4 aromatic rings. The first-order valence-corrected chi connectivity index (χ1v) is 8.64. The maximum absolute atomic E-state index is 5.27. The molecule has 0 fully saturated rings. The van der Waals surface area contributed by atoms with Crippen molar-refractivity contribution in [1.29, 1.82) is 0 Å². The molecule has 4 rings (SSSR count). The van der Waals surface area contributed by atoms with E-state index in [-0.39, 0.29) is 0 Å². The lowest BCUT2D eigenvalue weighted by atomic mass is 10.2. The van der Waals surface area contributed by atoms with Crippen molar-refractivity contribution in [2.24, 2.45) is 0 Å². The van der Waals surface area contributed by atoms with Gasteiger partial charge in [0.05, 0.1) is 12.6 Å². The van der Waals surface area contributed by atoms with Gasteiger partial charge in [0.1, 0.15) is 16.5 Å². The second-order valence-corrected chi connectivity index (χ2v) is 6.49. The summed E-state index contributed by atoms with van der Waals surface area (Å²) in [6.45, 7) is 0. The highest BCUT2D eigenvalue weighted by atomic mass is 32.2. The van der Waals surface area contributed by atoms with Crippen LogP contribution in [-0.4, -0.2) is 22.1 Å². The number of para-hydroxylation sites is 1. The summed E-state index contributed by atoms with van der Waals surface area (Å²) < 4.78 is 5.27. The zero-order valence-electron chi connectivity index (χ0n) is 13.6. The SMILES string of the molecule is COc1cccc(Sc2cccc(-c3ncc4ccccc4n3)n2)c1. The van der Waals surface area contributed by atoms with E-state index in [4.69, 9.17) is 9.72 Å². The molecule has 0 radical (unpaired) electrons. The fourth-order valence-corrected chi connectivity index (χ4v) is 3.33. The minimum Gasteiger partial charge on any atom is -0.497 e. The molecule has 2 aromatic heterocycles. The Morgan fingerprint density at radius 3 is 2.68 bits per heavy atom. The Kier molecular flexibility index (Phi) is 4.31. The van der Waals surface area contributed by atoms with Gasteiger partial charge in [-0.1, -0.05) is 42.1 Å². The van der Waals surface area contributed by atoms with E-state index in [0.717, 1.165) is 32.3 Å². The van der Waals surface area contributed by atoms with Gasteiger partial charge >= 0.3 is 0 Å². The topological polar surface area (TPSA) is 47.9 Å². The second-order valence-electron chi connectivity index (χ2n) is 5.39. The molecule has 0 aliphatic heterocycles. The molecule has 0 bridgehead atoms. The second kappa shape index (κ2) is 6.91. The van der Waals surface area contributed by atoms with Gasteiger partial charge < -0.3 is 4.74 Å². The summed E-state index contributed by atoms with van der Waals surface area (Å²) in [6, 6.07) is 21.7. The van der Waals surface area contributed by atoms with Crippen LogP contribution in [0.1, 0.15) is 0 Å². The molecule has 0 aliphatic rings. The minimum atomic E-state index is 0.631. The molecular weight excluding hydrogens is 330 g/mol. The number of aromatic nitrogens is 3.